The smallest absolute Gasteiger partial charge is 0.0597 e. The summed E-state index contributed by atoms with van der Waals surface area (Å²) in [6.45, 7) is 11.1. The Morgan fingerprint density at radius 1 is 1.18 bits per heavy atom. The minimum Gasteiger partial charge on any atom is -0.377 e. The average molecular weight is 242 g/mol. The lowest BCUT2D eigenvalue weighted by molar-refractivity contribution is 0.0401. The van der Waals surface area contributed by atoms with Gasteiger partial charge in [0.2, 0.25) is 0 Å². The largest absolute Gasteiger partial charge is 0.377 e. The standard InChI is InChI=1S/C14H30N2O/c1-3-4-5-6-7-14(2)17-13-12-16-10-8-15-9-11-16/h14-15H,3-13H2,1-2H3. The molecule has 3 heteroatoms. The molecule has 1 atom stereocenters. The fourth-order valence-corrected chi connectivity index (χ4v) is 2.26. The summed E-state index contributed by atoms with van der Waals surface area (Å²) in [4.78, 5) is 2.49. The highest BCUT2D eigenvalue weighted by molar-refractivity contribution is 4.67. The van der Waals surface area contributed by atoms with Crippen LogP contribution in [-0.2, 0) is 4.74 Å². The maximum atomic E-state index is 5.86. The van der Waals surface area contributed by atoms with Crippen molar-refractivity contribution in [1.29, 1.82) is 0 Å². The molecule has 1 rings (SSSR count). The van der Waals surface area contributed by atoms with E-state index < -0.39 is 0 Å². The van der Waals surface area contributed by atoms with Crippen LogP contribution in [0.5, 0.6) is 0 Å². The van der Waals surface area contributed by atoms with Gasteiger partial charge in [-0.25, -0.2) is 0 Å². The van der Waals surface area contributed by atoms with Gasteiger partial charge in [-0.2, -0.15) is 0 Å². The first-order chi connectivity index (χ1) is 8.33. The van der Waals surface area contributed by atoms with Crippen molar-refractivity contribution in [3.05, 3.63) is 0 Å². The van der Waals surface area contributed by atoms with Gasteiger partial charge in [0.1, 0.15) is 0 Å². The number of hydrogen-bond donors (Lipinski definition) is 1. The molecular weight excluding hydrogens is 212 g/mol. The van der Waals surface area contributed by atoms with Crippen molar-refractivity contribution in [3.8, 4) is 0 Å². The summed E-state index contributed by atoms with van der Waals surface area (Å²) in [5.41, 5.74) is 0. The minimum absolute atomic E-state index is 0.440. The Labute approximate surface area is 107 Å². The van der Waals surface area contributed by atoms with E-state index in [1.165, 1.54) is 45.2 Å². The molecule has 0 radical (unpaired) electrons. The molecule has 0 aliphatic carbocycles. The lowest BCUT2D eigenvalue weighted by Gasteiger charge is -2.27. The van der Waals surface area contributed by atoms with Gasteiger partial charge in [-0.05, 0) is 13.3 Å². The second-order valence-corrected chi connectivity index (χ2v) is 5.12. The fourth-order valence-electron chi connectivity index (χ4n) is 2.26. The number of ether oxygens (including phenoxy) is 1. The highest BCUT2D eigenvalue weighted by Crippen LogP contribution is 2.07. The Balaban J connectivity index is 1.90. The molecule has 1 N–H and O–H groups in total. The summed E-state index contributed by atoms with van der Waals surface area (Å²) in [7, 11) is 0. The molecule has 0 spiro atoms. The second kappa shape index (κ2) is 9.86. The molecule has 0 aromatic carbocycles. The molecule has 1 fully saturated rings. The molecule has 3 nitrogen and oxygen atoms in total. The number of nitrogens with zero attached hydrogens (tertiary/aromatic N) is 1. The summed E-state index contributed by atoms with van der Waals surface area (Å²) < 4.78 is 5.86. The Morgan fingerprint density at radius 2 is 1.94 bits per heavy atom. The summed E-state index contributed by atoms with van der Waals surface area (Å²) in [6.07, 6.45) is 7.03. The zero-order valence-corrected chi connectivity index (χ0v) is 11.7. The van der Waals surface area contributed by atoms with Gasteiger partial charge in [0.05, 0.1) is 12.7 Å². The predicted molar refractivity (Wildman–Crippen MR) is 73.5 cm³/mol. The van der Waals surface area contributed by atoms with Crippen molar-refractivity contribution >= 4 is 0 Å². The molecular formula is C14H30N2O. The van der Waals surface area contributed by atoms with Crippen LogP contribution in [0.15, 0.2) is 0 Å². The van der Waals surface area contributed by atoms with Crippen LogP contribution in [0, 0.1) is 0 Å². The molecule has 0 bridgehead atoms. The Bertz CT molecular complexity index is 170. The van der Waals surface area contributed by atoms with Crippen LogP contribution >= 0.6 is 0 Å². The third-order valence-electron chi connectivity index (χ3n) is 3.48. The first-order valence-corrected chi connectivity index (χ1v) is 7.37. The molecule has 102 valence electrons. The van der Waals surface area contributed by atoms with Gasteiger partial charge in [0.15, 0.2) is 0 Å². The van der Waals surface area contributed by atoms with Crippen molar-refractivity contribution in [3.63, 3.8) is 0 Å². The monoisotopic (exact) mass is 242 g/mol. The SMILES string of the molecule is CCCCCCC(C)OCCN1CCNCC1. The molecule has 1 heterocycles. The van der Waals surface area contributed by atoms with Crippen molar-refractivity contribution in [2.24, 2.45) is 0 Å². The maximum absolute atomic E-state index is 5.86. The highest BCUT2D eigenvalue weighted by atomic mass is 16.5. The summed E-state index contributed by atoms with van der Waals surface area (Å²) in [6, 6.07) is 0. The number of rotatable bonds is 9. The quantitative estimate of drug-likeness (QED) is 0.628. The van der Waals surface area contributed by atoms with E-state index in [1.807, 2.05) is 0 Å². The molecule has 1 aliphatic rings. The van der Waals surface area contributed by atoms with E-state index in [2.05, 4.69) is 24.1 Å². The number of piperazine rings is 1. The first-order valence-electron chi connectivity index (χ1n) is 7.37. The molecule has 0 saturated carbocycles. The number of hydrogen-bond acceptors (Lipinski definition) is 3. The van der Waals surface area contributed by atoms with Crippen LogP contribution in [0.1, 0.15) is 46.0 Å². The number of unbranched alkanes of at least 4 members (excludes halogenated alkanes) is 3. The lowest BCUT2D eigenvalue weighted by atomic mass is 10.1. The molecule has 1 aliphatic heterocycles. The zero-order valence-electron chi connectivity index (χ0n) is 11.7. The Kier molecular flexibility index (Phi) is 8.67. The minimum atomic E-state index is 0.440. The predicted octanol–water partition coefficient (Wildman–Crippen LogP) is 2.27. The van der Waals surface area contributed by atoms with Crippen LogP contribution in [0.2, 0.25) is 0 Å². The van der Waals surface area contributed by atoms with E-state index in [1.54, 1.807) is 0 Å². The molecule has 0 aromatic rings. The maximum Gasteiger partial charge on any atom is 0.0597 e. The Hall–Kier alpha value is -0.120. The summed E-state index contributed by atoms with van der Waals surface area (Å²) >= 11 is 0. The third kappa shape index (κ3) is 7.74. The van der Waals surface area contributed by atoms with E-state index in [-0.39, 0.29) is 0 Å². The number of nitrogens with one attached hydrogen (secondary N) is 1. The molecule has 0 amide bonds. The van der Waals surface area contributed by atoms with Crippen LogP contribution in [-0.4, -0.2) is 50.3 Å². The first kappa shape index (κ1) is 14.9. The zero-order chi connectivity index (χ0) is 12.3. The second-order valence-electron chi connectivity index (χ2n) is 5.12. The van der Waals surface area contributed by atoms with E-state index in [4.69, 9.17) is 4.74 Å². The van der Waals surface area contributed by atoms with Crippen LogP contribution < -0.4 is 5.32 Å². The van der Waals surface area contributed by atoms with E-state index in [0.29, 0.717) is 6.10 Å². The van der Waals surface area contributed by atoms with E-state index in [9.17, 15) is 0 Å². The van der Waals surface area contributed by atoms with Gasteiger partial charge >= 0.3 is 0 Å². The fraction of sp³-hybridized carbons (Fsp3) is 1.00. The van der Waals surface area contributed by atoms with Crippen LogP contribution in [0.4, 0.5) is 0 Å². The average Bonchev–Trinajstić information content (AvgIpc) is 2.36. The molecule has 1 saturated heterocycles. The molecule has 17 heavy (non-hydrogen) atoms. The summed E-state index contributed by atoms with van der Waals surface area (Å²) in [5.74, 6) is 0. The topological polar surface area (TPSA) is 24.5 Å². The van der Waals surface area contributed by atoms with Crippen LogP contribution in [0.25, 0.3) is 0 Å². The highest BCUT2D eigenvalue weighted by Gasteiger charge is 2.09. The van der Waals surface area contributed by atoms with Crippen molar-refractivity contribution in [1.82, 2.24) is 10.2 Å². The lowest BCUT2D eigenvalue weighted by Crippen LogP contribution is -2.44. The van der Waals surface area contributed by atoms with Gasteiger partial charge < -0.3 is 10.1 Å². The molecule has 1 unspecified atom stereocenters. The van der Waals surface area contributed by atoms with E-state index >= 15 is 0 Å². The summed E-state index contributed by atoms with van der Waals surface area (Å²) in [5, 5.41) is 3.37. The Morgan fingerprint density at radius 3 is 2.65 bits per heavy atom. The van der Waals surface area contributed by atoms with Crippen molar-refractivity contribution in [2.75, 3.05) is 39.3 Å². The van der Waals surface area contributed by atoms with Gasteiger partial charge in [-0.1, -0.05) is 32.6 Å². The third-order valence-corrected chi connectivity index (χ3v) is 3.48. The van der Waals surface area contributed by atoms with Crippen molar-refractivity contribution < 1.29 is 4.74 Å². The van der Waals surface area contributed by atoms with Crippen molar-refractivity contribution in [2.45, 2.75) is 52.1 Å². The van der Waals surface area contributed by atoms with Gasteiger partial charge in [0, 0.05) is 32.7 Å². The van der Waals surface area contributed by atoms with Gasteiger partial charge in [-0.15, -0.1) is 0 Å². The van der Waals surface area contributed by atoms with Gasteiger partial charge in [-0.3, -0.25) is 4.90 Å². The van der Waals surface area contributed by atoms with Crippen LogP contribution in [0.3, 0.4) is 0 Å². The normalized spacial score (nSPS) is 19.4. The van der Waals surface area contributed by atoms with E-state index in [0.717, 1.165) is 26.2 Å². The van der Waals surface area contributed by atoms with Gasteiger partial charge in [0.25, 0.3) is 0 Å². The molecule has 0 aromatic heterocycles.